The summed E-state index contributed by atoms with van der Waals surface area (Å²) < 4.78 is 5.51. The smallest absolute Gasteiger partial charge is 0.259 e. The highest BCUT2D eigenvalue weighted by atomic mass is 16.5. The van der Waals surface area contributed by atoms with E-state index in [0.29, 0.717) is 6.04 Å². The van der Waals surface area contributed by atoms with Gasteiger partial charge in [0.15, 0.2) is 6.61 Å². The third kappa shape index (κ3) is 2.64. The Bertz CT molecular complexity index is 443. The van der Waals surface area contributed by atoms with E-state index in [0.717, 1.165) is 18.6 Å². The normalized spacial score (nSPS) is 17.4. The predicted octanol–water partition coefficient (Wildman–Crippen LogP) is 1.36. The van der Waals surface area contributed by atoms with Gasteiger partial charge in [-0.15, -0.1) is 0 Å². The number of likely N-dealkylation sites (N-methyl/N-ethyl adjacent to an activating group) is 1. The van der Waals surface area contributed by atoms with Crippen molar-refractivity contribution in [1.82, 2.24) is 10.2 Å². The molecule has 1 amide bonds. The van der Waals surface area contributed by atoms with Crippen molar-refractivity contribution < 1.29 is 9.53 Å². The van der Waals surface area contributed by atoms with Crippen LogP contribution in [-0.2, 0) is 11.2 Å². The number of ether oxygens (including phenoxy) is 1. The molecule has 98 valence electrons. The van der Waals surface area contributed by atoms with Crippen LogP contribution in [0.4, 0.5) is 0 Å². The van der Waals surface area contributed by atoms with Gasteiger partial charge in [0, 0.05) is 20.1 Å². The number of carbonyl (C=O) groups is 1. The zero-order valence-electron chi connectivity index (χ0n) is 11.2. The molecule has 1 N–H and O–H groups in total. The Labute approximate surface area is 108 Å². The molecule has 2 rings (SSSR count). The molecule has 1 atom stereocenters. The van der Waals surface area contributed by atoms with Gasteiger partial charge in [0.05, 0.1) is 0 Å². The van der Waals surface area contributed by atoms with E-state index in [4.69, 9.17) is 4.74 Å². The van der Waals surface area contributed by atoms with Crippen LogP contribution in [0.25, 0.3) is 0 Å². The third-order valence-electron chi connectivity index (χ3n) is 3.40. The van der Waals surface area contributed by atoms with E-state index in [9.17, 15) is 4.79 Å². The Morgan fingerprint density at radius 2 is 2.28 bits per heavy atom. The first-order chi connectivity index (χ1) is 8.61. The lowest BCUT2D eigenvalue weighted by molar-refractivity contribution is -0.130. The highest BCUT2D eigenvalue weighted by Gasteiger charge is 2.21. The summed E-state index contributed by atoms with van der Waals surface area (Å²) in [7, 11) is 5.44. The highest BCUT2D eigenvalue weighted by molar-refractivity contribution is 5.77. The number of nitrogens with one attached hydrogen (secondary N) is 1. The number of aryl methyl sites for hydroxylation is 1. The van der Waals surface area contributed by atoms with Gasteiger partial charge in [-0.25, -0.2) is 0 Å². The molecule has 0 spiro atoms. The van der Waals surface area contributed by atoms with Crippen molar-refractivity contribution in [2.75, 3.05) is 27.7 Å². The first-order valence-electron chi connectivity index (χ1n) is 6.25. The Balaban J connectivity index is 2.02. The Hall–Kier alpha value is -1.55. The number of hydrogen-bond donors (Lipinski definition) is 1. The van der Waals surface area contributed by atoms with Gasteiger partial charge < -0.3 is 15.0 Å². The fourth-order valence-electron chi connectivity index (χ4n) is 2.26. The number of fused-ring (bicyclic) bond motifs is 1. The first-order valence-corrected chi connectivity index (χ1v) is 6.25. The maximum absolute atomic E-state index is 11.4. The van der Waals surface area contributed by atoms with Crippen LogP contribution in [-0.4, -0.2) is 38.6 Å². The van der Waals surface area contributed by atoms with Crippen LogP contribution in [0.2, 0.25) is 0 Å². The molecule has 0 fully saturated rings. The van der Waals surface area contributed by atoms with E-state index in [2.05, 4.69) is 17.4 Å². The molecule has 1 aromatic carbocycles. The Morgan fingerprint density at radius 3 is 2.94 bits per heavy atom. The molecule has 1 aliphatic rings. The molecule has 0 heterocycles. The number of carbonyl (C=O) groups excluding carboxylic acids is 1. The van der Waals surface area contributed by atoms with Gasteiger partial charge in [-0.05, 0) is 43.1 Å². The van der Waals surface area contributed by atoms with Crippen molar-refractivity contribution in [2.24, 2.45) is 0 Å². The first kappa shape index (κ1) is 12.9. The molecular weight excluding hydrogens is 228 g/mol. The molecule has 4 nitrogen and oxygen atoms in total. The molecule has 18 heavy (non-hydrogen) atoms. The van der Waals surface area contributed by atoms with Crippen molar-refractivity contribution in [3.63, 3.8) is 0 Å². The second kappa shape index (κ2) is 5.40. The van der Waals surface area contributed by atoms with E-state index in [1.54, 1.807) is 14.1 Å². The average Bonchev–Trinajstić information content (AvgIpc) is 2.77. The van der Waals surface area contributed by atoms with E-state index < -0.39 is 0 Å². The topological polar surface area (TPSA) is 41.6 Å². The molecule has 1 aromatic rings. The second-order valence-electron chi connectivity index (χ2n) is 4.82. The number of rotatable bonds is 4. The maximum Gasteiger partial charge on any atom is 0.259 e. The van der Waals surface area contributed by atoms with Crippen molar-refractivity contribution >= 4 is 5.91 Å². The molecular formula is C14H20N2O2. The minimum atomic E-state index is -0.0244. The number of benzene rings is 1. The summed E-state index contributed by atoms with van der Waals surface area (Å²) in [6.45, 7) is 0.0985. The lowest BCUT2D eigenvalue weighted by atomic mass is 10.1. The fourth-order valence-corrected chi connectivity index (χ4v) is 2.26. The molecule has 0 bridgehead atoms. The number of amides is 1. The van der Waals surface area contributed by atoms with Crippen molar-refractivity contribution in [3.05, 3.63) is 29.3 Å². The zero-order valence-corrected chi connectivity index (χ0v) is 11.2. The summed E-state index contributed by atoms with van der Waals surface area (Å²) in [4.78, 5) is 13.0. The Morgan fingerprint density at radius 1 is 1.50 bits per heavy atom. The summed E-state index contributed by atoms with van der Waals surface area (Å²) >= 11 is 0. The second-order valence-corrected chi connectivity index (χ2v) is 4.82. The van der Waals surface area contributed by atoms with Gasteiger partial charge in [0.1, 0.15) is 5.75 Å². The molecule has 0 saturated heterocycles. The standard InChI is InChI=1S/C14H20N2O2/c1-15-13-7-4-10-8-11(5-6-12(10)13)18-9-14(17)16(2)3/h5-6,8,13,15H,4,7,9H2,1-3H3. The fraction of sp³-hybridized carbons (Fsp3) is 0.500. The monoisotopic (exact) mass is 248 g/mol. The molecule has 0 saturated carbocycles. The van der Waals surface area contributed by atoms with E-state index in [1.165, 1.54) is 16.0 Å². The summed E-state index contributed by atoms with van der Waals surface area (Å²) in [6, 6.07) is 6.55. The SMILES string of the molecule is CNC1CCc2cc(OCC(=O)N(C)C)ccc21. The average molecular weight is 248 g/mol. The maximum atomic E-state index is 11.4. The van der Waals surface area contributed by atoms with Crippen LogP contribution in [0, 0.1) is 0 Å². The van der Waals surface area contributed by atoms with E-state index in [-0.39, 0.29) is 12.5 Å². The van der Waals surface area contributed by atoms with E-state index >= 15 is 0 Å². The summed E-state index contributed by atoms with van der Waals surface area (Å²) in [6.07, 6.45) is 2.20. The summed E-state index contributed by atoms with van der Waals surface area (Å²) in [5, 5.41) is 3.30. The third-order valence-corrected chi connectivity index (χ3v) is 3.40. The number of nitrogens with zero attached hydrogens (tertiary/aromatic N) is 1. The minimum Gasteiger partial charge on any atom is -0.484 e. The lowest BCUT2D eigenvalue weighted by Crippen LogP contribution is -2.27. The van der Waals surface area contributed by atoms with Gasteiger partial charge in [0.25, 0.3) is 5.91 Å². The van der Waals surface area contributed by atoms with Crippen LogP contribution in [0.15, 0.2) is 18.2 Å². The van der Waals surface area contributed by atoms with Crippen LogP contribution in [0.1, 0.15) is 23.6 Å². The largest absolute Gasteiger partial charge is 0.484 e. The van der Waals surface area contributed by atoms with Crippen molar-refractivity contribution in [3.8, 4) is 5.75 Å². The van der Waals surface area contributed by atoms with Crippen molar-refractivity contribution in [1.29, 1.82) is 0 Å². The zero-order chi connectivity index (χ0) is 13.1. The minimum absolute atomic E-state index is 0.0244. The molecule has 0 aliphatic heterocycles. The summed E-state index contributed by atoms with van der Waals surface area (Å²) in [5.74, 6) is 0.754. The van der Waals surface area contributed by atoms with Gasteiger partial charge >= 0.3 is 0 Å². The van der Waals surface area contributed by atoms with Gasteiger partial charge in [0.2, 0.25) is 0 Å². The van der Waals surface area contributed by atoms with Crippen LogP contribution in [0.3, 0.4) is 0 Å². The van der Waals surface area contributed by atoms with Crippen molar-refractivity contribution in [2.45, 2.75) is 18.9 Å². The molecule has 0 aromatic heterocycles. The van der Waals surface area contributed by atoms with Crippen LogP contribution in [0.5, 0.6) is 5.75 Å². The lowest BCUT2D eigenvalue weighted by Gasteiger charge is -2.13. The Kier molecular flexibility index (Phi) is 3.87. The molecule has 4 heteroatoms. The van der Waals surface area contributed by atoms with Crippen LogP contribution < -0.4 is 10.1 Å². The quantitative estimate of drug-likeness (QED) is 0.874. The van der Waals surface area contributed by atoms with Gasteiger partial charge in [-0.2, -0.15) is 0 Å². The molecule has 1 aliphatic carbocycles. The summed E-state index contributed by atoms with van der Waals surface area (Å²) in [5.41, 5.74) is 2.67. The van der Waals surface area contributed by atoms with Gasteiger partial charge in [-0.1, -0.05) is 6.07 Å². The van der Waals surface area contributed by atoms with Crippen LogP contribution >= 0.6 is 0 Å². The molecule has 0 radical (unpaired) electrons. The highest BCUT2D eigenvalue weighted by Crippen LogP contribution is 2.33. The van der Waals surface area contributed by atoms with E-state index in [1.807, 2.05) is 13.1 Å². The number of hydrogen-bond acceptors (Lipinski definition) is 3. The molecule has 1 unspecified atom stereocenters. The van der Waals surface area contributed by atoms with Gasteiger partial charge in [-0.3, -0.25) is 4.79 Å². The predicted molar refractivity (Wildman–Crippen MR) is 70.8 cm³/mol.